The fourth-order valence-corrected chi connectivity index (χ4v) is 1.99. The van der Waals surface area contributed by atoms with Gasteiger partial charge < -0.3 is 19.7 Å². The highest BCUT2D eigenvalue weighted by Crippen LogP contribution is 2.03. The summed E-state index contributed by atoms with van der Waals surface area (Å²) in [7, 11) is 3.64. The number of nitrogens with zero attached hydrogens (tertiary/aromatic N) is 1. The first-order valence-corrected chi connectivity index (χ1v) is 7.22. The summed E-state index contributed by atoms with van der Waals surface area (Å²) in [6.45, 7) is 0.914. The van der Waals surface area contributed by atoms with Crippen LogP contribution in [0.3, 0.4) is 0 Å². The largest absolute Gasteiger partial charge is 0.544 e. The van der Waals surface area contributed by atoms with Gasteiger partial charge in [0, 0.05) is 19.4 Å². The van der Waals surface area contributed by atoms with Crippen LogP contribution in [0.5, 0.6) is 0 Å². The van der Waals surface area contributed by atoms with Gasteiger partial charge in [-0.3, -0.25) is 9.18 Å². The van der Waals surface area contributed by atoms with Crippen LogP contribution >= 0.6 is 0 Å². The van der Waals surface area contributed by atoms with Gasteiger partial charge in [0.15, 0.2) is 0 Å². The van der Waals surface area contributed by atoms with E-state index in [0.29, 0.717) is 30.4 Å². The van der Waals surface area contributed by atoms with Crippen LogP contribution in [-0.4, -0.2) is 56.8 Å². The van der Waals surface area contributed by atoms with Crippen molar-refractivity contribution in [2.75, 3.05) is 40.4 Å². The first-order valence-electron chi connectivity index (χ1n) is 7.22. The minimum Gasteiger partial charge on any atom is -0.544 e. The summed E-state index contributed by atoms with van der Waals surface area (Å²) in [6, 6.07) is 0. The molecule has 0 saturated carbocycles. The second-order valence-corrected chi connectivity index (χ2v) is 5.75. The van der Waals surface area contributed by atoms with Crippen LogP contribution in [0.1, 0.15) is 38.5 Å². The zero-order valence-electron chi connectivity index (χ0n) is 12.6. The summed E-state index contributed by atoms with van der Waals surface area (Å²) in [5.41, 5.74) is 0. The SMILES string of the molecule is C[N+](C)(CCCNC(=O)CCCCCCF)CC(=O)[O-]. The van der Waals surface area contributed by atoms with E-state index >= 15 is 0 Å². The monoisotopic (exact) mass is 290 g/mol. The van der Waals surface area contributed by atoms with Crippen LogP contribution in [0.15, 0.2) is 0 Å². The van der Waals surface area contributed by atoms with Gasteiger partial charge in [0.2, 0.25) is 5.91 Å². The first kappa shape index (κ1) is 18.8. The van der Waals surface area contributed by atoms with Crippen molar-refractivity contribution in [1.82, 2.24) is 5.32 Å². The van der Waals surface area contributed by atoms with E-state index in [4.69, 9.17) is 0 Å². The average molecular weight is 290 g/mol. The lowest BCUT2D eigenvalue weighted by molar-refractivity contribution is -0.884. The molecule has 0 heterocycles. The Morgan fingerprint density at radius 3 is 2.35 bits per heavy atom. The molecule has 0 aromatic carbocycles. The molecule has 1 N–H and O–H groups in total. The number of unbranched alkanes of at least 4 members (excludes halogenated alkanes) is 3. The Balaban J connectivity index is 3.54. The highest BCUT2D eigenvalue weighted by atomic mass is 19.1. The zero-order valence-corrected chi connectivity index (χ0v) is 12.6. The third kappa shape index (κ3) is 11.9. The number of amides is 1. The van der Waals surface area contributed by atoms with E-state index in [1.807, 2.05) is 14.1 Å². The minimum absolute atomic E-state index is 0.00968. The van der Waals surface area contributed by atoms with Crippen molar-refractivity contribution < 1.29 is 23.6 Å². The number of hydrogen-bond donors (Lipinski definition) is 1. The number of carboxylic acids is 1. The third-order valence-corrected chi connectivity index (χ3v) is 3.11. The maximum atomic E-state index is 11.8. The van der Waals surface area contributed by atoms with Gasteiger partial charge in [-0.25, -0.2) is 0 Å². The van der Waals surface area contributed by atoms with E-state index in [1.165, 1.54) is 0 Å². The Morgan fingerprint density at radius 1 is 1.10 bits per heavy atom. The zero-order chi connectivity index (χ0) is 15.4. The first-order chi connectivity index (χ1) is 9.37. The lowest BCUT2D eigenvalue weighted by Gasteiger charge is -2.30. The van der Waals surface area contributed by atoms with Gasteiger partial charge in [-0.1, -0.05) is 12.8 Å². The van der Waals surface area contributed by atoms with Crippen molar-refractivity contribution in [3.63, 3.8) is 0 Å². The highest BCUT2D eigenvalue weighted by Gasteiger charge is 2.14. The van der Waals surface area contributed by atoms with Gasteiger partial charge in [0.25, 0.3) is 0 Å². The molecule has 0 unspecified atom stereocenters. The molecule has 0 fully saturated rings. The van der Waals surface area contributed by atoms with Crippen LogP contribution < -0.4 is 10.4 Å². The number of quaternary nitrogens is 1. The van der Waals surface area contributed by atoms with Crippen LogP contribution in [-0.2, 0) is 9.59 Å². The second-order valence-electron chi connectivity index (χ2n) is 5.75. The van der Waals surface area contributed by atoms with Crippen molar-refractivity contribution in [2.45, 2.75) is 38.5 Å². The Morgan fingerprint density at radius 2 is 1.75 bits per heavy atom. The van der Waals surface area contributed by atoms with Crippen molar-refractivity contribution in [1.29, 1.82) is 0 Å². The van der Waals surface area contributed by atoms with Crippen molar-refractivity contribution in [3.8, 4) is 0 Å². The molecule has 0 saturated heterocycles. The van der Waals surface area contributed by atoms with Gasteiger partial charge in [-0.05, 0) is 12.8 Å². The summed E-state index contributed by atoms with van der Waals surface area (Å²) >= 11 is 0. The number of aliphatic carboxylic acids is 1. The fraction of sp³-hybridized carbons (Fsp3) is 0.857. The Hall–Kier alpha value is -1.17. The van der Waals surface area contributed by atoms with Gasteiger partial charge in [-0.15, -0.1) is 0 Å². The van der Waals surface area contributed by atoms with E-state index in [9.17, 15) is 19.1 Å². The van der Waals surface area contributed by atoms with Gasteiger partial charge in [-0.2, -0.15) is 0 Å². The summed E-state index contributed by atoms with van der Waals surface area (Å²) < 4.78 is 12.2. The number of hydrogen-bond acceptors (Lipinski definition) is 3. The van der Waals surface area contributed by atoms with Gasteiger partial charge >= 0.3 is 0 Å². The molecule has 0 aliphatic carbocycles. The van der Waals surface area contributed by atoms with E-state index in [0.717, 1.165) is 25.7 Å². The van der Waals surface area contributed by atoms with E-state index < -0.39 is 5.97 Å². The molecule has 0 rings (SSSR count). The number of rotatable bonds is 12. The van der Waals surface area contributed by atoms with E-state index in [1.54, 1.807) is 0 Å². The molecule has 0 bridgehead atoms. The molecule has 0 radical (unpaired) electrons. The second kappa shape index (κ2) is 10.6. The molecule has 0 spiro atoms. The average Bonchev–Trinajstić information content (AvgIpc) is 2.33. The predicted molar refractivity (Wildman–Crippen MR) is 73.5 cm³/mol. The summed E-state index contributed by atoms with van der Waals surface area (Å²) in [6.07, 6.45) is 4.29. The van der Waals surface area contributed by atoms with Crippen molar-refractivity contribution >= 4 is 11.9 Å². The number of carboxylic acid groups (broad SMARTS) is 1. The molecule has 118 valence electrons. The van der Waals surface area contributed by atoms with Crippen LogP contribution in [0, 0.1) is 0 Å². The van der Waals surface area contributed by atoms with Gasteiger partial charge in [0.1, 0.15) is 6.54 Å². The molecule has 0 aromatic rings. The minimum atomic E-state index is -1.06. The quantitative estimate of drug-likeness (QED) is 0.413. The lowest BCUT2D eigenvalue weighted by atomic mass is 10.1. The Labute approximate surface area is 120 Å². The number of likely N-dealkylation sites (N-methyl/N-ethyl adjacent to an activating group) is 1. The van der Waals surface area contributed by atoms with E-state index in [-0.39, 0.29) is 19.1 Å². The molecular formula is C14H27FN2O3. The molecule has 0 atom stereocenters. The van der Waals surface area contributed by atoms with Crippen molar-refractivity contribution in [3.05, 3.63) is 0 Å². The highest BCUT2D eigenvalue weighted by molar-refractivity contribution is 5.75. The molecule has 0 aromatic heterocycles. The normalized spacial score (nSPS) is 11.3. The number of nitrogens with one attached hydrogen (secondary N) is 1. The standard InChI is InChI=1S/C14H27FN2O3/c1-17(2,12-14(19)20)11-7-10-16-13(18)8-5-3-4-6-9-15/h3-12H2,1-2H3,(H-,16,18,19,20). The predicted octanol–water partition coefficient (Wildman–Crippen LogP) is 0.239. The van der Waals surface area contributed by atoms with Gasteiger partial charge in [0.05, 0.1) is 33.3 Å². The molecule has 1 amide bonds. The Bertz CT molecular complexity index is 296. The molecule has 5 nitrogen and oxygen atoms in total. The summed E-state index contributed by atoms with van der Waals surface area (Å²) in [4.78, 5) is 22.0. The number of alkyl halides is 1. The van der Waals surface area contributed by atoms with Crippen LogP contribution in [0.25, 0.3) is 0 Å². The maximum absolute atomic E-state index is 11.8. The van der Waals surface area contributed by atoms with Crippen LogP contribution in [0.2, 0.25) is 0 Å². The summed E-state index contributed by atoms with van der Waals surface area (Å²) in [5, 5.41) is 13.3. The smallest absolute Gasteiger partial charge is 0.219 e. The molecule has 0 aliphatic rings. The third-order valence-electron chi connectivity index (χ3n) is 3.11. The molecular weight excluding hydrogens is 263 g/mol. The number of halogens is 1. The lowest BCUT2D eigenvalue weighted by Crippen LogP contribution is -2.49. The molecule has 0 aliphatic heterocycles. The van der Waals surface area contributed by atoms with Crippen LogP contribution in [0.4, 0.5) is 4.39 Å². The molecule has 20 heavy (non-hydrogen) atoms. The number of carbonyl (C=O) groups is 2. The maximum Gasteiger partial charge on any atom is 0.219 e. The van der Waals surface area contributed by atoms with Crippen molar-refractivity contribution in [2.24, 2.45) is 0 Å². The Kier molecular flexibility index (Phi) is 9.98. The van der Waals surface area contributed by atoms with E-state index in [2.05, 4.69) is 5.32 Å². The topological polar surface area (TPSA) is 69.2 Å². The molecule has 6 heteroatoms. The number of carbonyl (C=O) groups excluding carboxylic acids is 2. The summed E-state index contributed by atoms with van der Waals surface area (Å²) in [5.74, 6) is -1.05. The fourth-order valence-electron chi connectivity index (χ4n) is 1.99.